The molecular formula is C20H29BrN4O3. The van der Waals surface area contributed by atoms with E-state index >= 15 is 0 Å². The van der Waals surface area contributed by atoms with Crippen LogP contribution in [0.1, 0.15) is 39.4 Å². The van der Waals surface area contributed by atoms with Crippen molar-refractivity contribution in [3.8, 4) is 11.3 Å². The molecule has 1 heterocycles. The Hall–Kier alpha value is -2.35. The molecule has 2 rings (SSSR count). The second kappa shape index (κ2) is 12.9. The highest BCUT2D eigenvalue weighted by atomic mass is 79.9. The Morgan fingerprint density at radius 3 is 2.43 bits per heavy atom. The summed E-state index contributed by atoms with van der Waals surface area (Å²) >= 11 is 3.41. The maximum Gasteiger partial charge on any atom is 0.407 e. The highest BCUT2D eigenvalue weighted by Crippen LogP contribution is 2.20. The number of amides is 2. The first-order valence-electron chi connectivity index (χ1n) is 9.34. The van der Waals surface area contributed by atoms with Crippen LogP contribution >= 0.6 is 15.9 Å². The van der Waals surface area contributed by atoms with Gasteiger partial charge in [-0.1, -0.05) is 55.3 Å². The Balaban J connectivity index is 0.00000122. The first-order valence-corrected chi connectivity index (χ1v) is 10.1. The SMILES string of the molecule is CCC.CCCN(Cc1ncc(-c2ccc(Br)cc2)[nH]1)C(=O)CNC(=O)OC. The maximum atomic E-state index is 12.3. The summed E-state index contributed by atoms with van der Waals surface area (Å²) in [7, 11) is 1.26. The van der Waals surface area contributed by atoms with E-state index < -0.39 is 6.09 Å². The highest BCUT2D eigenvalue weighted by Gasteiger charge is 2.16. The number of alkyl carbamates (subject to hydrolysis) is 1. The van der Waals surface area contributed by atoms with Gasteiger partial charge in [-0.05, 0) is 24.1 Å². The predicted octanol–water partition coefficient (Wildman–Crippen LogP) is 4.35. The molecule has 2 amide bonds. The molecule has 0 saturated carbocycles. The molecule has 28 heavy (non-hydrogen) atoms. The summed E-state index contributed by atoms with van der Waals surface area (Å²) in [6.45, 7) is 7.07. The molecule has 0 fully saturated rings. The van der Waals surface area contributed by atoms with Crippen molar-refractivity contribution in [1.82, 2.24) is 20.2 Å². The van der Waals surface area contributed by atoms with Gasteiger partial charge in [-0.2, -0.15) is 0 Å². The number of carbonyl (C=O) groups excluding carboxylic acids is 2. The first-order chi connectivity index (χ1) is 13.4. The molecule has 0 unspecified atom stereocenters. The van der Waals surface area contributed by atoms with E-state index in [9.17, 15) is 9.59 Å². The van der Waals surface area contributed by atoms with Gasteiger partial charge in [-0.3, -0.25) is 4.79 Å². The van der Waals surface area contributed by atoms with Crippen LogP contribution in [-0.4, -0.2) is 47.1 Å². The zero-order valence-electron chi connectivity index (χ0n) is 16.9. The van der Waals surface area contributed by atoms with Gasteiger partial charge in [0.05, 0.1) is 25.5 Å². The van der Waals surface area contributed by atoms with Gasteiger partial charge in [0.1, 0.15) is 12.4 Å². The molecule has 0 radical (unpaired) electrons. The fourth-order valence-corrected chi connectivity index (χ4v) is 2.56. The quantitative estimate of drug-likeness (QED) is 0.653. The number of halogens is 1. The number of imidazole rings is 1. The summed E-state index contributed by atoms with van der Waals surface area (Å²) in [6, 6.07) is 7.88. The molecule has 154 valence electrons. The van der Waals surface area contributed by atoms with Crippen LogP contribution in [0.3, 0.4) is 0 Å². The summed E-state index contributed by atoms with van der Waals surface area (Å²) in [5.41, 5.74) is 1.90. The van der Waals surface area contributed by atoms with Crippen LogP contribution in [0.5, 0.6) is 0 Å². The van der Waals surface area contributed by atoms with Crippen LogP contribution in [0.25, 0.3) is 11.3 Å². The predicted molar refractivity (Wildman–Crippen MR) is 114 cm³/mol. The smallest absolute Gasteiger partial charge is 0.407 e. The zero-order valence-corrected chi connectivity index (χ0v) is 18.5. The number of H-pyrrole nitrogens is 1. The minimum atomic E-state index is -0.625. The molecule has 0 aliphatic heterocycles. The Kier molecular flexibility index (Phi) is 10.9. The van der Waals surface area contributed by atoms with Crippen molar-refractivity contribution in [3.63, 3.8) is 0 Å². The maximum absolute atomic E-state index is 12.3. The van der Waals surface area contributed by atoms with Gasteiger partial charge in [0.15, 0.2) is 0 Å². The van der Waals surface area contributed by atoms with Crippen molar-refractivity contribution in [3.05, 3.63) is 40.8 Å². The average Bonchev–Trinajstić information content (AvgIpc) is 3.15. The van der Waals surface area contributed by atoms with Crippen molar-refractivity contribution in [2.45, 2.75) is 40.2 Å². The molecular weight excluding hydrogens is 424 g/mol. The van der Waals surface area contributed by atoms with Gasteiger partial charge in [0.2, 0.25) is 5.91 Å². The molecule has 0 aliphatic rings. The van der Waals surface area contributed by atoms with Gasteiger partial charge in [0, 0.05) is 11.0 Å². The molecule has 2 N–H and O–H groups in total. The van der Waals surface area contributed by atoms with Gasteiger partial charge < -0.3 is 19.9 Å². The van der Waals surface area contributed by atoms with Crippen LogP contribution < -0.4 is 5.32 Å². The first kappa shape index (κ1) is 23.7. The van der Waals surface area contributed by atoms with Gasteiger partial charge in [-0.25, -0.2) is 9.78 Å². The molecule has 2 aromatic rings. The molecule has 1 aromatic carbocycles. The van der Waals surface area contributed by atoms with Crippen LogP contribution in [0.4, 0.5) is 4.79 Å². The highest BCUT2D eigenvalue weighted by molar-refractivity contribution is 9.10. The number of hydrogen-bond donors (Lipinski definition) is 2. The van der Waals surface area contributed by atoms with E-state index in [4.69, 9.17) is 0 Å². The van der Waals surface area contributed by atoms with Crippen molar-refractivity contribution in [2.75, 3.05) is 20.2 Å². The summed E-state index contributed by atoms with van der Waals surface area (Å²) in [5, 5.41) is 2.41. The number of nitrogens with one attached hydrogen (secondary N) is 2. The number of aromatic nitrogens is 2. The van der Waals surface area contributed by atoms with E-state index in [1.807, 2.05) is 31.2 Å². The van der Waals surface area contributed by atoms with Crippen molar-refractivity contribution < 1.29 is 14.3 Å². The Morgan fingerprint density at radius 2 is 1.86 bits per heavy atom. The standard InChI is InChI=1S/C17H21BrN4O3.C3H8/c1-3-8-22(16(23)10-20-17(24)25-2)11-15-19-9-14(21-15)12-4-6-13(18)7-5-12;1-3-2/h4-7,9H,3,8,10-11H2,1-2H3,(H,19,21)(H,20,24);3H2,1-2H3. The number of methoxy groups -OCH3 is 1. The molecule has 8 heteroatoms. The lowest BCUT2D eigenvalue weighted by atomic mass is 10.2. The lowest BCUT2D eigenvalue weighted by molar-refractivity contribution is -0.130. The number of benzene rings is 1. The number of hydrogen-bond acceptors (Lipinski definition) is 4. The minimum Gasteiger partial charge on any atom is -0.453 e. The summed E-state index contributed by atoms with van der Waals surface area (Å²) in [6.07, 6.45) is 3.18. The lowest BCUT2D eigenvalue weighted by Gasteiger charge is -2.21. The van der Waals surface area contributed by atoms with Gasteiger partial charge >= 0.3 is 6.09 Å². The average molecular weight is 453 g/mol. The van der Waals surface area contributed by atoms with Crippen molar-refractivity contribution in [2.24, 2.45) is 0 Å². The van der Waals surface area contributed by atoms with Crippen molar-refractivity contribution >= 4 is 27.9 Å². The summed E-state index contributed by atoms with van der Waals surface area (Å²) < 4.78 is 5.48. The number of nitrogens with zero attached hydrogens (tertiary/aromatic N) is 2. The monoisotopic (exact) mass is 452 g/mol. The summed E-state index contributed by atoms with van der Waals surface area (Å²) in [4.78, 5) is 32.6. The fourth-order valence-electron chi connectivity index (χ4n) is 2.29. The molecule has 0 atom stereocenters. The van der Waals surface area contributed by atoms with Crippen LogP contribution in [-0.2, 0) is 16.1 Å². The second-order valence-electron chi connectivity index (χ2n) is 6.12. The van der Waals surface area contributed by atoms with E-state index in [1.165, 1.54) is 13.5 Å². The number of rotatable bonds is 7. The van der Waals surface area contributed by atoms with E-state index in [-0.39, 0.29) is 12.5 Å². The van der Waals surface area contributed by atoms with Gasteiger partial charge in [0.25, 0.3) is 0 Å². The number of carbonyl (C=O) groups is 2. The Bertz CT molecular complexity index is 731. The molecule has 1 aromatic heterocycles. The third kappa shape index (κ3) is 8.12. The van der Waals surface area contributed by atoms with E-state index in [2.05, 4.69) is 49.8 Å². The normalized spacial score (nSPS) is 9.89. The third-order valence-electron chi connectivity index (χ3n) is 3.54. The lowest BCUT2D eigenvalue weighted by Crippen LogP contribution is -2.40. The molecule has 0 bridgehead atoms. The van der Waals surface area contributed by atoms with Crippen LogP contribution in [0.15, 0.2) is 34.9 Å². The second-order valence-corrected chi connectivity index (χ2v) is 7.03. The Morgan fingerprint density at radius 1 is 1.21 bits per heavy atom. The largest absolute Gasteiger partial charge is 0.453 e. The molecule has 0 saturated heterocycles. The van der Waals surface area contributed by atoms with Gasteiger partial charge in [-0.15, -0.1) is 0 Å². The van der Waals surface area contributed by atoms with E-state index in [1.54, 1.807) is 11.1 Å². The van der Waals surface area contributed by atoms with Crippen LogP contribution in [0.2, 0.25) is 0 Å². The third-order valence-corrected chi connectivity index (χ3v) is 4.07. The molecule has 0 spiro atoms. The topological polar surface area (TPSA) is 87.3 Å². The zero-order chi connectivity index (χ0) is 20.9. The van der Waals surface area contributed by atoms with Crippen molar-refractivity contribution in [1.29, 1.82) is 0 Å². The molecule has 7 nitrogen and oxygen atoms in total. The molecule has 0 aliphatic carbocycles. The fraction of sp³-hybridized carbons (Fsp3) is 0.450. The van der Waals surface area contributed by atoms with Crippen LogP contribution in [0, 0.1) is 0 Å². The van der Waals surface area contributed by atoms with E-state index in [0.29, 0.717) is 18.9 Å². The summed E-state index contributed by atoms with van der Waals surface area (Å²) in [5.74, 6) is 0.506. The van der Waals surface area contributed by atoms with E-state index in [0.717, 1.165) is 22.2 Å². The number of aromatic amines is 1. The number of ether oxygens (including phenoxy) is 1. The minimum absolute atomic E-state index is 0.104. The Labute approximate surface area is 175 Å².